The molecular formula is C53H43N3O. The fraction of sp³-hybridized carbons (Fsp3) is 0.0943. The SMILES string of the molecule is Cc1ccc(-n2c(-c3ccccc3O)nc3c(-c4cc(-c5cc(-c6ccc(-c7ccccc7)cc6)ccn5)cc(C(C)(C)C)c4)cccc32)c(-c2ccccc2)c1. The minimum absolute atomic E-state index is 0.129. The molecule has 276 valence electrons. The predicted octanol–water partition coefficient (Wildman–Crippen LogP) is 13.7. The van der Waals surface area contributed by atoms with Crippen LogP contribution in [0.4, 0.5) is 0 Å². The van der Waals surface area contributed by atoms with Crippen molar-refractivity contribution < 1.29 is 5.11 Å². The first-order chi connectivity index (χ1) is 27.7. The van der Waals surface area contributed by atoms with E-state index in [1.807, 2.05) is 36.5 Å². The fourth-order valence-corrected chi connectivity index (χ4v) is 7.73. The molecule has 0 spiro atoms. The van der Waals surface area contributed by atoms with Gasteiger partial charge in [0.25, 0.3) is 0 Å². The summed E-state index contributed by atoms with van der Waals surface area (Å²) >= 11 is 0. The molecule has 0 fully saturated rings. The van der Waals surface area contributed by atoms with Crippen molar-refractivity contribution in [2.24, 2.45) is 0 Å². The number of para-hydroxylation sites is 2. The molecule has 0 atom stereocenters. The van der Waals surface area contributed by atoms with Crippen LogP contribution >= 0.6 is 0 Å². The molecule has 57 heavy (non-hydrogen) atoms. The molecular weight excluding hydrogens is 695 g/mol. The van der Waals surface area contributed by atoms with Crippen LogP contribution in [0.15, 0.2) is 182 Å². The van der Waals surface area contributed by atoms with Gasteiger partial charge in [-0.1, -0.05) is 148 Å². The van der Waals surface area contributed by atoms with E-state index in [2.05, 4.69) is 172 Å². The summed E-state index contributed by atoms with van der Waals surface area (Å²) in [5, 5.41) is 11.3. The predicted molar refractivity (Wildman–Crippen MR) is 237 cm³/mol. The van der Waals surface area contributed by atoms with Gasteiger partial charge in [-0.25, -0.2) is 4.98 Å². The van der Waals surface area contributed by atoms with Crippen molar-refractivity contribution in [2.45, 2.75) is 33.1 Å². The van der Waals surface area contributed by atoms with E-state index in [4.69, 9.17) is 9.97 Å². The van der Waals surface area contributed by atoms with Crippen molar-refractivity contribution in [2.75, 3.05) is 0 Å². The number of benzene rings is 7. The van der Waals surface area contributed by atoms with Crippen molar-refractivity contribution in [3.05, 3.63) is 193 Å². The number of phenols is 1. The number of aryl methyl sites for hydroxylation is 1. The number of rotatable bonds is 7. The fourth-order valence-electron chi connectivity index (χ4n) is 7.73. The van der Waals surface area contributed by atoms with E-state index in [0.717, 1.165) is 61.4 Å². The first-order valence-corrected chi connectivity index (χ1v) is 19.5. The molecule has 0 aliphatic carbocycles. The first kappa shape index (κ1) is 35.6. The molecule has 1 N–H and O–H groups in total. The van der Waals surface area contributed by atoms with Crippen LogP contribution in [-0.2, 0) is 5.41 Å². The molecule has 0 bridgehead atoms. The summed E-state index contributed by atoms with van der Waals surface area (Å²) in [6, 6.07) is 61.2. The Balaban J connectivity index is 1.22. The van der Waals surface area contributed by atoms with E-state index in [0.29, 0.717) is 11.4 Å². The Bertz CT molecular complexity index is 2880. The highest BCUT2D eigenvalue weighted by Gasteiger charge is 2.23. The molecule has 0 saturated carbocycles. The third-order valence-corrected chi connectivity index (χ3v) is 10.8. The second-order valence-corrected chi connectivity index (χ2v) is 15.8. The lowest BCUT2D eigenvalue weighted by Gasteiger charge is -2.22. The average molecular weight is 738 g/mol. The highest BCUT2D eigenvalue weighted by atomic mass is 16.3. The Morgan fingerprint density at radius 3 is 1.84 bits per heavy atom. The van der Waals surface area contributed by atoms with Gasteiger partial charge in [-0.3, -0.25) is 9.55 Å². The van der Waals surface area contributed by atoms with Crippen molar-refractivity contribution in [1.29, 1.82) is 0 Å². The minimum Gasteiger partial charge on any atom is -0.507 e. The number of pyridine rings is 1. The lowest BCUT2D eigenvalue weighted by atomic mass is 9.83. The number of hydrogen-bond donors (Lipinski definition) is 1. The lowest BCUT2D eigenvalue weighted by Crippen LogP contribution is -2.11. The van der Waals surface area contributed by atoms with Gasteiger partial charge in [0.15, 0.2) is 0 Å². The Labute approximate surface area is 334 Å². The van der Waals surface area contributed by atoms with Gasteiger partial charge in [0.05, 0.1) is 28.0 Å². The highest BCUT2D eigenvalue weighted by Crippen LogP contribution is 2.42. The quantitative estimate of drug-likeness (QED) is 0.177. The average Bonchev–Trinajstić information content (AvgIpc) is 3.63. The molecule has 0 aliphatic heterocycles. The van der Waals surface area contributed by atoms with Gasteiger partial charge in [0, 0.05) is 22.9 Å². The zero-order chi connectivity index (χ0) is 39.1. The van der Waals surface area contributed by atoms with E-state index < -0.39 is 0 Å². The summed E-state index contributed by atoms with van der Waals surface area (Å²) in [7, 11) is 0. The summed E-state index contributed by atoms with van der Waals surface area (Å²) < 4.78 is 2.21. The van der Waals surface area contributed by atoms with Crippen LogP contribution in [0, 0.1) is 6.92 Å². The van der Waals surface area contributed by atoms with Gasteiger partial charge < -0.3 is 5.11 Å². The van der Waals surface area contributed by atoms with Gasteiger partial charge in [0.2, 0.25) is 0 Å². The number of imidazole rings is 1. The van der Waals surface area contributed by atoms with E-state index in [1.54, 1.807) is 6.07 Å². The summed E-state index contributed by atoms with van der Waals surface area (Å²) in [6.45, 7) is 8.88. The monoisotopic (exact) mass is 737 g/mol. The van der Waals surface area contributed by atoms with Crippen molar-refractivity contribution in [1.82, 2.24) is 14.5 Å². The molecule has 0 saturated heterocycles. The largest absolute Gasteiger partial charge is 0.507 e. The molecule has 4 heteroatoms. The van der Waals surface area contributed by atoms with Crippen LogP contribution in [0.3, 0.4) is 0 Å². The summed E-state index contributed by atoms with van der Waals surface area (Å²) in [5.41, 5.74) is 16.6. The molecule has 2 aromatic heterocycles. The van der Waals surface area contributed by atoms with Gasteiger partial charge >= 0.3 is 0 Å². The van der Waals surface area contributed by atoms with Gasteiger partial charge in [-0.2, -0.15) is 0 Å². The Morgan fingerprint density at radius 2 is 1.12 bits per heavy atom. The van der Waals surface area contributed by atoms with Crippen molar-refractivity contribution in [3.63, 3.8) is 0 Å². The zero-order valence-corrected chi connectivity index (χ0v) is 32.6. The summed E-state index contributed by atoms with van der Waals surface area (Å²) in [4.78, 5) is 10.3. The maximum Gasteiger partial charge on any atom is 0.149 e. The first-order valence-electron chi connectivity index (χ1n) is 19.5. The van der Waals surface area contributed by atoms with E-state index >= 15 is 0 Å². The third kappa shape index (κ3) is 6.91. The maximum absolute atomic E-state index is 11.3. The van der Waals surface area contributed by atoms with Crippen LogP contribution in [0.25, 0.3) is 83.9 Å². The van der Waals surface area contributed by atoms with Crippen LogP contribution in [0.2, 0.25) is 0 Å². The second kappa shape index (κ2) is 14.6. The second-order valence-electron chi connectivity index (χ2n) is 15.8. The number of fused-ring (bicyclic) bond motifs is 1. The van der Waals surface area contributed by atoms with Crippen LogP contribution < -0.4 is 0 Å². The van der Waals surface area contributed by atoms with Crippen molar-refractivity contribution >= 4 is 11.0 Å². The number of aromatic hydroxyl groups is 1. The van der Waals surface area contributed by atoms with Crippen molar-refractivity contribution in [3.8, 4) is 78.6 Å². The van der Waals surface area contributed by atoms with E-state index in [9.17, 15) is 5.11 Å². The van der Waals surface area contributed by atoms with Crippen LogP contribution in [0.5, 0.6) is 5.75 Å². The number of aromatic nitrogens is 3. The Kier molecular flexibility index (Phi) is 9.10. The molecule has 9 rings (SSSR count). The summed E-state index contributed by atoms with van der Waals surface area (Å²) in [5.74, 6) is 0.859. The highest BCUT2D eigenvalue weighted by molar-refractivity contribution is 5.97. The Hall–Kier alpha value is -7.04. The molecule has 9 aromatic rings. The maximum atomic E-state index is 11.3. The molecule has 0 aliphatic rings. The third-order valence-electron chi connectivity index (χ3n) is 10.8. The van der Waals surface area contributed by atoms with Crippen LogP contribution in [-0.4, -0.2) is 19.6 Å². The van der Waals surface area contributed by atoms with Gasteiger partial charge in [0.1, 0.15) is 11.6 Å². The number of hydrogen-bond acceptors (Lipinski definition) is 3. The van der Waals surface area contributed by atoms with Crippen LogP contribution in [0.1, 0.15) is 31.9 Å². The molecule has 4 nitrogen and oxygen atoms in total. The molecule has 0 radical (unpaired) electrons. The lowest BCUT2D eigenvalue weighted by molar-refractivity contribution is 0.477. The number of phenolic OH excluding ortho intramolecular Hbond substituents is 1. The molecule has 7 aromatic carbocycles. The topological polar surface area (TPSA) is 50.9 Å². The molecule has 2 heterocycles. The zero-order valence-electron chi connectivity index (χ0n) is 32.6. The molecule has 0 unspecified atom stereocenters. The standard InChI is InChI=1S/C53H43N3O/c1-35-22-27-48(46(30-35)39-16-9-6-10-17-39)56-49-20-13-19-44(51(49)55-52(56)45-18-11-12-21-50(45)57)41-31-42(33-43(32-41)53(2,3)4)47-34-40(28-29-54-47)38-25-23-37(24-26-38)36-14-7-5-8-15-36/h5-34,57H,1-4H3. The smallest absolute Gasteiger partial charge is 0.149 e. The normalized spacial score (nSPS) is 11.6. The molecule has 0 amide bonds. The summed E-state index contributed by atoms with van der Waals surface area (Å²) in [6.07, 6.45) is 1.91. The number of nitrogens with zero attached hydrogens (tertiary/aromatic N) is 3. The van der Waals surface area contributed by atoms with E-state index in [-0.39, 0.29) is 11.2 Å². The minimum atomic E-state index is -0.129. The Morgan fingerprint density at radius 1 is 0.491 bits per heavy atom. The van der Waals surface area contributed by atoms with Gasteiger partial charge in [-0.15, -0.1) is 0 Å². The van der Waals surface area contributed by atoms with E-state index in [1.165, 1.54) is 22.3 Å². The van der Waals surface area contributed by atoms with Gasteiger partial charge in [-0.05, 0) is 106 Å².